The molecule has 0 heterocycles. The minimum Gasteiger partial charge on any atom is -0.352 e. The van der Waals surface area contributed by atoms with Crippen LogP contribution in [0.4, 0.5) is 4.39 Å². The van der Waals surface area contributed by atoms with E-state index >= 15 is 0 Å². The van der Waals surface area contributed by atoms with Gasteiger partial charge in [0, 0.05) is 12.6 Å². The zero-order chi connectivity index (χ0) is 13.0. The smallest absolute Gasteiger partial charge is 0.254 e. The van der Waals surface area contributed by atoms with Crippen molar-refractivity contribution in [1.29, 1.82) is 0 Å². The monoisotopic (exact) mass is 250 g/mol. The van der Waals surface area contributed by atoms with E-state index < -0.39 is 5.82 Å². The van der Waals surface area contributed by atoms with Gasteiger partial charge in [0.25, 0.3) is 5.91 Å². The van der Waals surface area contributed by atoms with E-state index in [9.17, 15) is 9.18 Å². The van der Waals surface area contributed by atoms with Crippen molar-refractivity contribution in [2.75, 3.05) is 6.54 Å². The van der Waals surface area contributed by atoms with Crippen LogP contribution in [0.25, 0.3) is 0 Å². The van der Waals surface area contributed by atoms with Crippen LogP contribution in [0.2, 0.25) is 0 Å². The number of carbonyl (C=O) groups is 1. The molecule has 0 saturated heterocycles. The van der Waals surface area contributed by atoms with Gasteiger partial charge < -0.3 is 11.1 Å². The summed E-state index contributed by atoms with van der Waals surface area (Å²) < 4.78 is 13.4. The van der Waals surface area contributed by atoms with E-state index in [-0.39, 0.29) is 17.5 Å². The van der Waals surface area contributed by atoms with Crippen molar-refractivity contribution in [1.82, 2.24) is 5.32 Å². The largest absolute Gasteiger partial charge is 0.352 e. The van der Waals surface area contributed by atoms with Gasteiger partial charge in [0.05, 0.1) is 5.56 Å². The number of rotatable bonds is 3. The number of carbonyl (C=O) groups excluding carboxylic acids is 1. The molecular weight excluding hydrogens is 231 g/mol. The number of benzene rings is 1. The van der Waals surface area contributed by atoms with Gasteiger partial charge in [-0.25, -0.2) is 4.39 Å². The Kier molecular flexibility index (Phi) is 4.31. The van der Waals surface area contributed by atoms with Gasteiger partial charge in [-0.3, -0.25) is 4.79 Å². The highest BCUT2D eigenvalue weighted by molar-refractivity contribution is 5.94. The fraction of sp³-hybridized carbons (Fsp3) is 0.500. The molecule has 98 valence electrons. The fourth-order valence-corrected chi connectivity index (χ4v) is 2.50. The topological polar surface area (TPSA) is 55.1 Å². The molecule has 1 fully saturated rings. The first kappa shape index (κ1) is 13.0. The van der Waals surface area contributed by atoms with Crippen LogP contribution in [0.5, 0.6) is 0 Å². The van der Waals surface area contributed by atoms with E-state index in [1.165, 1.54) is 12.1 Å². The van der Waals surface area contributed by atoms with Gasteiger partial charge in [0.15, 0.2) is 0 Å². The van der Waals surface area contributed by atoms with Crippen LogP contribution in [0.3, 0.4) is 0 Å². The van der Waals surface area contributed by atoms with Crippen LogP contribution in [0, 0.1) is 11.7 Å². The summed E-state index contributed by atoms with van der Waals surface area (Å²) in [4.78, 5) is 11.8. The molecule has 3 nitrogen and oxygen atoms in total. The molecule has 2 rings (SSSR count). The van der Waals surface area contributed by atoms with Crippen LogP contribution in [0.15, 0.2) is 24.3 Å². The van der Waals surface area contributed by atoms with Crippen LogP contribution in [-0.2, 0) is 0 Å². The standard InChI is InChI=1S/C14H19FN2O/c15-13-7-2-1-6-12(13)14(18)17-9-10-4-3-5-11(16)8-10/h1-2,6-7,10-11H,3-5,8-9,16H2,(H,17,18). The molecule has 0 spiro atoms. The number of hydrogen-bond acceptors (Lipinski definition) is 2. The third kappa shape index (κ3) is 3.29. The Balaban J connectivity index is 1.87. The molecular formula is C14H19FN2O. The Morgan fingerprint density at radius 3 is 2.89 bits per heavy atom. The molecule has 2 unspecified atom stereocenters. The Bertz CT molecular complexity index is 422. The molecule has 0 radical (unpaired) electrons. The third-order valence-corrected chi connectivity index (χ3v) is 3.49. The SMILES string of the molecule is NC1CCCC(CNC(=O)c2ccccc2F)C1. The lowest BCUT2D eigenvalue weighted by Crippen LogP contribution is -2.35. The molecule has 1 amide bonds. The van der Waals surface area contributed by atoms with Crippen molar-refractivity contribution < 1.29 is 9.18 Å². The zero-order valence-electron chi connectivity index (χ0n) is 10.4. The molecule has 1 saturated carbocycles. The average molecular weight is 250 g/mol. The second-order valence-electron chi connectivity index (χ2n) is 4.98. The van der Waals surface area contributed by atoms with Gasteiger partial charge in [0.1, 0.15) is 5.82 Å². The van der Waals surface area contributed by atoms with E-state index in [0.717, 1.165) is 25.7 Å². The van der Waals surface area contributed by atoms with Crippen molar-refractivity contribution in [3.05, 3.63) is 35.6 Å². The van der Waals surface area contributed by atoms with E-state index in [1.54, 1.807) is 12.1 Å². The molecule has 18 heavy (non-hydrogen) atoms. The van der Waals surface area contributed by atoms with E-state index in [1.807, 2.05) is 0 Å². The molecule has 3 N–H and O–H groups in total. The Hall–Kier alpha value is -1.42. The number of amides is 1. The Morgan fingerprint density at radius 1 is 1.39 bits per heavy atom. The van der Waals surface area contributed by atoms with Gasteiger partial charge in [-0.15, -0.1) is 0 Å². The molecule has 1 aliphatic carbocycles. The van der Waals surface area contributed by atoms with Crippen molar-refractivity contribution in [3.63, 3.8) is 0 Å². The first-order valence-electron chi connectivity index (χ1n) is 6.45. The van der Waals surface area contributed by atoms with Gasteiger partial charge >= 0.3 is 0 Å². The first-order chi connectivity index (χ1) is 8.66. The predicted molar refractivity (Wildman–Crippen MR) is 68.7 cm³/mol. The zero-order valence-corrected chi connectivity index (χ0v) is 10.4. The van der Waals surface area contributed by atoms with Crippen LogP contribution in [0.1, 0.15) is 36.0 Å². The van der Waals surface area contributed by atoms with Crippen molar-refractivity contribution in [2.24, 2.45) is 11.7 Å². The molecule has 1 aromatic rings. The highest BCUT2D eigenvalue weighted by atomic mass is 19.1. The lowest BCUT2D eigenvalue weighted by atomic mass is 9.86. The summed E-state index contributed by atoms with van der Waals surface area (Å²) >= 11 is 0. The molecule has 1 aromatic carbocycles. The Morgan fingerprint density at radius 2 is 2.17 bits per heavy atom. The van der Waals surface area contributed by atoms with Gasteiger partial charge in [-0.1, -0.05) is 18.6 Å². The molecule has 0 bridgehead atoms. The van der Waals surface area contributed by atoms with E-state index in [2.05, 4.69) is 5.32 Å². The average Bonchev–Trinajstić information content (AvgIpc) is 2.37. The highest BCUT2D eigenvalue weighted by Gasteiger charge is 2.20. The molecule has 2 atom stereocenters. The lowest BCUT2D eigenvalue weighted by molar-refractivity contribution is 0.0938. The highest BCUT2D eigenvalue weighted by Crippen LogP contribution is 2.22. The van der Waals surface area contributed by atoms with Gasteiger partial charge in [0.2, 0.25) is 0 Å². The van der Waals surface area contributed by atoms with E-state index in [4.69, 9.17) is 5.73 Å². The summed E-state index contributed by atoms with van der Waals surface area (Å²) in [6.45, 7) is 0.584. The van der Waals surface area contributed by atoms with Gasteiger partial charge in [-0.2, -0.15) is 0 Å². The maximum Gasteiger partial charge on any atom is 0.254 e. The number of nitrogens with two attached hydrogens (primary N) is 1. The summed E-state index contributed by atoms with van der Waals surface area (Å²) in [6.07, 6.45) is 4.21. The summed E-state index contributed by atoms with van der Waals surface area (Å²) in [7, 11) is 0. The summed E-state index contributed by atoms with van der Waals surface area (Å²) in [6, 6.07) is 6.28. The minimum atomic E-state index is -0.477. The van der Waals surface area contributed by atoms with Crippen molar-refractivity contribution in [2.45, 2.75) is 31.7 Å². The Labute approximate surface area is 107 Å². The van der Waals surface area contributed by atoms with Crippen LogP contribution < -0.4 is 11.1 Å². The lowest BCUT2D eigenvalue weighted by Gasteiger charge is -2.26. The second kappa shape index (κ2) is 5.96. The number of nitrogens with one attached hydrogen (secondary N) is 1. The van der Waals surface area contributed by atoms with Crippen molar-refractivity contribution in [3.8, 4) is 0 Å². The molecule has 4 heteroatoms. The van der Waals surface area contributed by atoms with Crippen molar-refractivity contribution >= 4 is 5.91 Å². The normalized spacial score (nSPS) is 23.7. The molecule has 1 aliphatic rings. The van der Waals surface area contributed by atoms with Gasteiger partial charge in [-0.05, 0) is 37.3 Å². The first-order valence-corrected chi connectivity index (χ1v) is 6.45. The number of halogens is 1. The maximum absolute atomic E-state index is 13.4. The quantitative estimate of drug-likeness (QED) is 0.863. The molecule has 0 aromatic heterocycles. The van der Waals surface area contributed by atoms with E-state index in [0.29, 0.717) is 12.5 Å². The third-order valence-electron chi connectivity index (χ3n) is 3.49. The second-order valence-corrected chi connectivity index (χ2v) is 4.98. The predicted octanol–water partition coefficient (Wildman–Crippen LogP) is 2.07. The summed E-state index contributed by atoms with van der Waals surface area (Å²) in [5.74, 6) is -0.396. The van der Waals surface area contributed by atoms with Crippen LogP contribution in [-0.4, -0.2) is 18.5 Å². The minimum absolute atomic E-state index is 0.109. The number of hydrogen-bond donors (Lipinski definition) is 2. The summed E-state index contributed by atoms with van der Waals surface area (Å²) in [5.41, 5.74) is 6.00. The summed E-state index contributed by atoms with van der Waals surface area (Å²) in [5, 5.41) is 2.80. The maximum atomic E-state index is 13.4. The fourth-order valence-electron chi connectivity index (χ4n) is 2.50. The molecule has 0 aliphatic heterocycles. The van der Waals surface area contributed by atoms with Crippen LogP contribution >= 0.6 is 0 Å².